The van der Waals surface area contributed by atoms with Crippen LogP contribution in [0, 0.1) is 0 Å². The van der Waals surface area contributed by atoms with Crippen molar-refractivity contribution in [2.45, 2.75) is 38.2 Å². The second kappa shape index (κ2) is 7.42. The molecule has 0 amide bonds. The van der Waals surface area contributed by atoms with E-state index in [9.17, 15) is 5.11 Å². The van der Waals surface area contributed by atoms with Gasteiger partial charge in [0.15, 0.2) is 0 Å². The van der Waals surface area contributed by atoms with Gasteiger partial charge >= 0.3 is 0 Å². The largest absolute Gasteiger partial charge is 0.387 e. The number of aliphatic hydroxyl groups excluding tert-OH is 1. The number of rotatable bonds is 7. The second-order valence-electron chi connectivity index (χ2n) is 3.81. The quantitative estimate of drug-likeness (QED) is 0.578. The summed E-state index contributed by atoms with van der Waals surface area (Å²) in [5.41, 5.74) is 0.591. The van der Waals surface area contributed by atoms with Crippen molar-refractivity contribution >= 4 is 11.6 Å². The third-order valence-corrected chi connectivity index (χ3v) is 2.81. The SMILES string of the molecule is C=CCCCCCC(O)c1ncccc1Cl. The molecule has 3 heteroatoms. The van der Waals surface area contributed by atoms with Crippen molar-refractivity contribution in [1.82, 2.24) is 4.98 Å². The monoisotopic (exact) mass is 239 g/mol. The zero-order valence-electron chi connectivity index (χ0n) is 9.40. The fourth-order valence-electron chi connectivity index (χ4n) is 1.58. The minimum absolute atomic E-state index is 0.543. The minimum Gasteiger partial charge on any atom is -0.387 e. The van der Waals surface area contributed by atoms with Gasteiger partial charge in [0.1, 0.15) is 0 Å². The van der Waals surface area contributed by atoms with Crippen LogP contribution in [-0.4, -0.2) is 10.1 Å². The molecule has 0 saturated carbocycles. The summed E-state index contributed by atoms with van der Waals surface area (Å²) < 4.78 is 0. The summed E-state index contributed by atoms with van der Waals surface area (Å²) in [5, 5.41) is 10.4. The highest BCUT2D eigenvalue weighted by atomic mass is 35.5. The molecule has 0 bridgehead atoms. The Morgan fingerprint density at radius 3 is 2.94 bits per heavy atom. The first kappa shape index (κ1) is 13.2. The molecule has 0 radical (unpaired) electrons. The molecule has 0 fully saturated rings. The molecular weight excluding hydrogens is 222 g/mol. The summed E-state index contributed by atoms with van der Waals surface area (Å²) in [6.45, 7) is 3.68. The summed E-state index contributed by atoms with van der Waals surface area (Å²) in [5.74, 6) is 0. The maximum Gasteiger partial charge on any atom is 0.0974 e. The number of aromatic nitrogens is 1. The zero-order valence-corrected chi connectivity index (χ0v) is 10.2. The molecule has 0 saturated heterocycles. The predicted octanol–water partition coefficient (Wildman–Crippen LogP) is 3.90. The zero-order chi connectivity index (χ0) is 11.8. The van der Waals surface area contributed by atoms with Gasteiger partial charge in [-0.3, -0.25) is 4.98 Å². The van der Waals surface area contributed by atoms with E-state index in [0.29, 0.717) is 17.1 Å². The smallest absolute Gasteiger partial charge is 0.0974 e. The number of allylic oxidation sites excluding steroid dienone is 1. The van der Waals surface area contributed by atoms with Crippen LogP contribution in [0.4, 0.5) is 0 Å². The average molecular weight is 240 g/mol. The molecule has 0 aliphatic heterocycles. The third kappa shape index (κ3) is 4.33. The number of aliphatic hydroxyl groups is 1. The maximum absolute atomic E-state index is 9.89. The van der Waals surface area contributed by atoms with Gasteiger partial charge in [-0.05, 0) is 31.4 Å². The molecule has 0 aliphatic rings. The molecule has 1 unspecified atom stereocenters. The maximum atomic E-state index is 9.89. The molecule has 0 aliphatic carbocycles. The van der Waals surface area contributed by atoms with Crippen molar-refractivity contribution in [1.29, 1.82) is 0 Å². The van der Waals surface area contributed by atoms with E-state index in [1.807, 2.05) is 6.08 Å². The summed E-state index contributed by atoms with van der Waals surface area (Å²) in [4.78, 5) is 4.10. The van der Waals surface area contributed by atoms with Crippen molar-refractivity contribution in [2.24, 2.45) is 0 Å². The van der Waals surface area contributed by atoms with Gasteiger partial charge in [-0.1, -0.05) is 30.5 Å². The van der Waals surface area contributed by atoms with Gasteiger partial charge in [0.2, 0.25) is 0 Å². The Labute approximate surface area is 102 Å². The van der Waals surface area contributed by atoms with Gasteiger partial charge < -0.3 is 5.11 Å². The molecule has 16 heavy (non-hydrogen) atoms. The summed E-state index contributed by atoms with van der Waals surface area (Å²) in [6, 6.07) is 3.52. The van der Waals surface area contributed by atoms with Crippen molar-refractivity contribution in [3.63, 3.8) is 0 Å². The normalized spacial score (nSPS) is 12.4. The number of pyridine rings is 1. The van der Waals surface area contributed by atoms with Crippen LogP contribution in [0.2, 0.25) is 5.02 Å². The van der Waals surface area contributed by atoms with Crippen LogP contribution in [0.25, 0.3) is 0 Å². The van der Waals surface area contributed by atoms with Crippen LogP contribution < -0.4 is 0 Å². The summed E-state index contributed by atoms with van der Waals surface area (Å²) >= 11 is 5.95. The van der Waals surface area contributed by atoms with Gasteiger partial charge in [-0.25, -0.2) is 0 Å². The fraction of sp³-hybridized carbons (Fsp3) is 0.462. The van der Waals surface area contributed by atoms with Crippen LogP contribution in [-0.2, 0) is 0 Å². The first-order valence-corrected chi connectivity index (χ1v) is 6.03. The van der Waals surface area contributed by atoms with Crippen LogP contribution >= 0.6 is 11.6 Å². The number of hydrogen-bond donors (Lipinski definition) is 1. The Hall–Kier alpha value is -0.860. The summed E-state index contributed by atoms with van der Waals surface area (Å²) in [6.07, 6.45) is 8.02. The molecule has 1 rings (SSSR count). The first-order valence-electron chi connectivity index (χ1n) is 5.65. The second-order valence-corrected chi connectivity index (χ2v) is 4.22. The Balaban J connectivity index is 2.32. The third-order valence-electron chi connectivity index (χ3n) is 2.49. The van der Waals surface area contributed by atoms with E-state index in [0.717, 1.165) is 25.7 Å². The van der Waals surface area contributed by atoms with E-state index in [4.69, 9.17) is 11.6 Å². The highest BCUT2D eigenvalue weighted by molar-refractivity contribution is 6.31. The van der Waals surface area contributed by atoms with Gasteiger partial charge in [0.05, 0.1) is 16.8 Å². The number of nitrogens with zero attached hydrogens (tertiary/aromatic N) is 1. The van der Waals surface area contributed by atoms with Crippen molar-refractivity contribution in [2.75, 3.05) is 0 Å². The Kier molecular flexibility index (Phi) is 6.12. The lowest BCUT2D eigenvalue weighted by Gasteiger charge is -2.10. The van der Waals surface area contributed by atoms with Crippen LogP contribution in [0.5, 0.6) is 0 Å². The highest BCUT2D eigenvalue weighted by Gasteiger charge is 2.11. The fourth-order valence-corrected chi connectivity index (χ4v) is 1.83. The topological polar surface area (TPSA) is 33.1 Å². The van der Waals surface area contributed by atoms with Crippen molar-refractivity contribution in [3.8, 4) is 0 Å². The first-order chi connectivity index (χ1) is 7.75. The van der Waals surface area contributed by atoms with E-state index in [-0.39, 0.29) is 0 Å². The van der Waals surface area contributed by atoms with Gasteiger partial charge in [0, 0.05) is 6.20 Å². The average Bonchev–Trinajstić information content (AvgIpc) is 2.29. The lowest BCUT2D eigenvalue weighted by atomic mass is 10.1. The van der Waals surface area contributed by atoms with Crippen molar-refractivity contribution in [3.05, 3.63) is 41.7 Å². The van der Waals surface area contributed by atoms with E-state index in [2.05, 4.69) is 11.6 Å². The molecule has 1 aromatic rings. The van der Waals surface area contributed by atoms with Gasteiger partial charge in [-0.15, -0.1) is 6.58 Å². The lowest BCUT2D eigenvalue weighted by Crippen LogP contribution is -2.01. The molecule has 0 aromatic carbocycles. The highest BCUT2D eigenvalue weighted by Crippen LogP contribution is 2.24. The molecule has 1 heterocycles. The predicted molar refractivity (Wildman–Crippen MR) is 67.5 cm³/mol. The lowest BCUT2D eigenvalue weighted by molar-refractivity contribution is 0.159. The van der Waals surface area contributed by atoms with E-state index in [1.165, 1.54) is 0 Å². The Morgan fingerprint density at radius 1 is 1.44 bits per heavy atom. The molecule has 1 aromatic heterocycles. The van der Waals surface area contributed by atoms with Crippen LogP contribution in [0.3, 0.4) is 0 Å². The molecule has 2 nitrogen and oxygen atoms in total. The Morgan fingerprint density at radius 2 is 2.25 bits per heavy atom. The minimum atomic E-state index is -0.544. The number of halogens is 1. The van der Waals surface area contributed by atoms with Gasteiger partial charge in [-0.2, -0.15) is 0 Å². The standard InChI is InChI=1S/C13H18ClNO/c1-2-3-4-5-6-9-12(16)13-11(14)8-7-10-15-13/h2,7-8,10,12,16H,1,3-6,9H2. The van der Waals surface area contributed by atoms with Gasteiger partial charge in [0.25, 0.3) is 0 Å². The molecule has 0 spiro atoms. The Bertz CT molecular complexity index is 327. The van der Waals surface area contributed by atoms with E-state index >= 15 is 0 Å². The molecular formula is C13H18ClNO. The van der Waals surface area contributed by atoms with Crippen molar-refractivity contribution < 1.29 is 5.11 Å². The van der Waals surface area contributed by atoms with Crippen LogP contribution in [0.1, 0.15) is 43.9 Å². The van der Waals surface area contributed by atoms with Crippen LogP contribution in [0.15, 0.2) is 31.0 Å². The number of unbranched alkanes of at least 4 members (excludes halogenated alkanes) is 3. The molecule has 1 N–H and O–H groups in total. The number of hydrogen-bond acceptors (Lipinski definition) is 2. The van der Waals surface area contributed by atoms with E-state index in [1.54, 1.807) is 18.3 Å². The summed E-state index contributed by atoms with van der Waals surface area (Å²) in [7, 11) is 0. The molecule has 1 atom stereocenters. The van der Waals surface area contributed by atoms with E-state index < -0.39 is 6.10 Å². The molecule has 88 valence electrons.